The molecule has 0 fully saturated rings. The van der Waals surface area contributed by atoms with Gasteiger partial charge >= 0.3 is 0 Å². The Morgan fingerprint density at radius 2 is 1.93 bits per heavy atom. The molecule has 4 aromatic rings. The van der Waals surface area contributed by atoms with Crippen LogP contribution >= 0.6 is 11.3 Å². The zero-order valence-corrected chi connectivity index (χ0v) is 18.0. The van der Waals surface area contributed by atoms with Crippen LogP contribution in [0, 0.1) is 6.92 Å². The Kier molecular flexibility index (Phi) is 5.81. The molecule has 2 aromatic heterocycles. The Balaban J connectivity index is 1.66. The maximum atomic E-state index is 12.8. The normalized spacial score (nSPS) is 11.9. The lowest BCUT2D eigenvalue weighted by Crippen LogP contribution is -2.23. The minimum absolute atomic E-state index is 0.178. The summed E-state index contributed by atoms with van der Waals surface area (Å²) < 4.78 is 13.2. The second-order valence-corrected chi connectivity index (χ2v) is 8.03. The van der Waals surface area contributed by atoms with Gasteiger partial charge in [-0.25, -0.2) is 0 Å². The molecule has 0 atom stereocenters. The lowest BCUT2D eigenvalue weighted by atomic mass is 10.1. The van der Waals surface area contributed by atoms with Crippen molar-refractivity contribution in [3.8, 4) is 22.9 Å². The standard InChI is InChI=1S/C23H23N3O3S/c1-4-5-12-29-18-11-8-16(13-19(18)28-3)14-20-22(27)26-23(30-20)24-21(25-26)17-9-6-15(2)7-10-17/h6-11,13-14H,4-5,12H2,1-3H3/b20-14-. The van der Waals surface area contributed by atoms with Crippen LogP contribution in [0.5, 0.6) is 11.5 Å². The monoisotopic (exact) mass is 421 g/mol. The van der Waals surface area contributed by atoms with Crippen LogP contribution < -0.4 is 19.6 Å². The van der Waals surface area contributed by atoms with Gasteiger partial charge in [-0.2, -0.15) is 9.50 Å². The topological polar surface area (TPSA) is 65.7 Å². The van der Waals surface area contributed by atoms with Crippen molar-refractivity contribution in [3.05, 3.63) is 68.5 Å². The fraction of sp³-hybridized carbons (Fsp3) is 0.261. The average molecular weight is 422 g/mol. The lowest BCUT2D eigenvalue weighted by Gasteiger charge is -2.10. The average Bonchev–Trinajstić information content (AvgIpc) is 3.29. The molecule has 30 heavy (non-hydrogen) atoms. The highest BCUT2D eigenvalue weighted by atomic mass is 32.1. The largest absolute Gasteiger partial charge is 0.493 e. The van der Waals surface area contributed by atoms with Crippen molar-refractivity contribution in [2.24, 2.45) is 0 Å². The van der Waals surface area contributed by atoms with E-state index in [2.05, 4.69) is 17.0 Å². The SMILES string of the molecule is CCCCOc1ccc(/C=c2\sc3nc(-c4ccc(C)cc4)nn3c2=O)cc1OC. The molecule has 0 aliphatic carbocycles. The van der Waals surface area contributed by atoms with Crippen LogP contribution in [0.1, 0.15) is 30.9 Å². The van der Waals surface area contributed by atoms with E-state index < -0.39 is 0 Å². The van der Waals surface area contributed by atoms with Crippen LogP contribution in [-0.2, 0) is 0 Å². The van der Waals surface area contributed by atoms with Gasteiger partial charge in [0.2, 0.25) is 4.96 Å². The molecule has 0 unspecified atom stereocenters. The highest BCUT2D eigenvalue weighted by Crippen LogP contribution is 2.28. The van der Waals surface area contributed by atoms with Crippen LogP contribution in [0.3, 0.4) is 0 Å². The van der Waals surface area contributed by atoms with E-state index in [1.54, 1.807) is 7.11 Å². The summed E-state index contributed by atoms with van der Waals surface area (Å²) >= 11 is 1.32. The van der Waals surface area contributed by atoms with Crippen LogP contribution in [0.2, 0.25) is 0 Å². The number of methoxy groups -OCH3 is 1. The Labute approximate surface area is 178 Å². The fourth-order valence-electron chi connectivity index (χ4n) is 3.03. The first kappa shape index (κ1) is 20.1. The minimum atomic E-state index is -0.178. The van der Waals surface area contributed by atoms with Crippen molar-refractivity contribution in [2.75, 3.05) is 13.7 Å². The molecule has 0 spiro atoms. The highest BCUT2D eigenvalue weighted by molar-refractivity contribution is 7.15. The van der Waals surface area contributed by atoms with Crippen molar-refractivity contribution in [2.45, 2.75) is 26.7 Å². The molecule has 6 nitrogen and oxygen atoms in total. The third kappa shape index (κ3) is 4.07. The number of hydrogen-bond acceptors (Lipinski definition) is 6. The summed E-state index contributed by atoms with van der Waals surface area (Å²) in [7, 11) is 1.61. The van der Waals surface area contributed by atoms with Crippen molar-refractivity contribution in [3.63, 3.8) is 0 Å². The van der Waals surface area contributed by atoms with Gasteiger partial charge in [0.15, 0.2) is 17.3 Å². The van der Waals surface area contributed by atoms with Gasteiger partial charge in [-0.3, -0.25) is 4.79 Å². The van der Waals surface area contributed by atoms with E-state index in [9.17, 15) is 4.79 Å². The van der Waals surface area contributed by atoms with Crippen molar-refractivity contribution in [1.82, 2.24) is 14.6 Å². The molecule has 0 N–H and O–H groups in total. The number of rotatable bonds is 7. The molecular formula is C23H23N3O3S. The number of nitrogens with zero attached hydrogens (tertiary/aromatic N) is 3. The quantitative estimate of drug-likeness (QED) is 0.424. The number of aryl methyl sites for hydroxylation is 1. The summed E-state index contributed by atoms with van der Waals surface area (Å²) in [4.78, 5) is 17.9. The molecular weight excluding hydrogens is 398 g/mol. The molecule has 0 bridgehead atoms. The van der Waals surface area contributed by atoms with Crippen LogP contribution in [0.15, 0.2) is 47.3 Å². The summed E-state index contributed by atoms with van der Waals surface area (Å²) in [6, 6.07) is 13.6. The Hall–Kier alpha value is -3.19. The third-order valence-corrected chi connectivity index (χ3v) is 5.69. The molecule has 154 valence electrons. The summed E-state index contributed by atoms with van der Waals surface area (Å²) in [5.41, 5.74) is 2.74. The predicted molar refractivity (Wildman–Crippen MR) is 119 cm³/mol. The van der Waals surface area contributed by atoms with E-state index in [1.807, 2.05) is 55.5 Å². The zero-order valence-electron chi connectivity index (χ0n) is 17.2. The van der Waals surface area contributed by atoms with E-state index in [0.717, 1.165) is 24.0 Å². The van der Waals surface area contributed by atoms with Gasteiger partial charge < -0.3 is 9.47 Å². The van der Waals surface area contributed by atoms with Gasteiger partial charge in [-0.05, 0) is 37.1 Å². The van der Waals surface area contributed by atoms with Crippen LogP contribution in [0.4, 0.5) is 0 Å². The number of thiazole rings is 1. The maximum absolute atomic E-state index is 12.8. The molecule has 7 heteroatoms. The molecule has 4 rings (SSSR count). The molecule has 0 amide bonds. The van der Waals surface area contributed by atoms with Gasteiger partial charge in [0.1, 0.15) is 0 Å². The van der Waals surface area contributed by atoms with E-state index in [0.29, 0.717) is 33.4 Å². The highest BCUT2D eigenvalue weighted by Gasteiger charge is 2.12. The van der Waals surface area contributed by atoms with E-state index in [1.165, 1.54) is 21.4 Å². The number of aromatic nitrogens is 3. The van der Waals surface area contributed by atoms with Gasteiger partial charge in [0, 0.05) is 5.56 Å². The molecule has 0 aliphatic heterocycles. The van der Waals surface area contributed by atoms with E-state index >= 15 is 0 Å². The van der Waals surface area contributed by atoms with Crippen molar-refractivity contribution >= 4 is 22.4 Å². The second-order valence-electron chi connectivity index (χ2n) is 7.02. The maximum Gasteiger partial charge on any atom is 0.291 e. The number of unbranched alkanes of at least 4 members (excludes halogenated alkanes) is 1. The molecule has 2 heterocycles. The molecule has 0 aliphatic rings. The van der Waals surface area contributed by atoms with Gasteiger partial charge in [0.25, 0.3) is 5.56 Å². The minimum Gasteiger partial charge on any atom is -0.493 e. The Bertz CT molecular complexity index is 1280. The van der Waals surface area contributed by atoms with Crippen molar-refractivity contribution in [1.29, 1.82) is 0 Å². The second kappa shape index (κ2) is 8.67. The summed E-state index contributed by atoms with van der Waals surface area (Å²) in [6.07, 6.45) is 3.89. The molecule has 0 saturated carbocycles. The molecule has 2 aromatic carbocycles. The van der Waals surface area contributed by atoms with Gasteiger partial charge in [-0.15, -0.1) is 5.10 Å². The van der Waals surface area contributed by atoms with Crippen molar-refractivity contribution < 1.29 is 9.47 Å². The summed E-state index contributed by atoms with van der Waals surface area (Å²) in [5.74, 6) is 1.91. The molecule has 0 saturated heterocycles. The fourth-order valence-corrected chi connectivity index (χ4v) is 3.94. The predicted octanol–water partition coefficient (Wildman–Crippen LogP) is 3.86. The summed E-state index contributed by atoms with van der Waals surface area (Å²) in [6.45, 7) is 4.80. The van der Waals surface area contributed by atoms with Gasteiger partial charge in [-0.1, -0.05) is 60.6 Å². The van der Waals surface area contributed by atoms with Crippen LogP contribution in [0.25, 0.3) is 22.4 Å². The zero-order chi connectivity index (χ0) is 21.1. The van der Waals surface area contributed by atoms with E-state index in [4.69, 9.17) is 9.47 Å². The number of ether oxygens (including phenoxy) is 2. The number of fused-ring (bicyclic) bond motifs is 1. The number of benzene rings is 2. The first-order chi connectivity index (χ1) is 14.6. The number of hydrogen-bond donors (Lipinski definition) is 0. The van der Waals surface area contributed by atoms with E-state index in [-0.39, 0.29) is 5.56 Å². The van der Waals surface area contributed by atoms with Gasteiger partial charge in [0.05, 0.1) is 18.2 Å². The summed E-state index contributed by atoms with van der Waals surface area (Å²) in [5, 5.41) is 4.40. The smallest absolute Gasteiger partial charge is 0.291 e. The third-order valence-electron chi connectivity index (χ3n) is 4.73. The lowest BCUT2D eigenvalue weighted by molar-refractivity contribution is 0.288. The first-order valence-electron chi connectivity index (χ1n) is 9.88. The first-order valence-corrected chi connectivity index (χ1v) is 10.7. The van der Waals surface area contributed by atoms with Crippen LogP contribution in [-0.4, -0.2) is 28.3 Å². The molecule has 0 radical (unpaired) electrons. The Morgan fingerprint density at radius 3 is 2.63 bits per heavy atom. The Morgan fingerprint density at radius 1 is 1.13 bits per heavy atom.